The summed E-state index contributed by atoms with van der Waals surface area (Å²) in [4.78, 5) is 2.95. The second-order valence-corrected chi connectivity index (χ2v) is 5.78. The molecule has 3 aromatic rings. The van der Waals surface area contributed by atoms with Crippen LogP contribution in [0.25, 0.3) is 5.69 Å². The van der Waals surface area contributed by atoms with Gasteiger partial charge in [0.05, 0.1) is 17.9 Å². The monoisotopic (exact) mass is 298 g/mol. The summed E-state index contributed by atoms with van der Waals surface area (Å²) in [5.74, 6) is 0. The van der Waals surface area contributed by atoms with Gasteiger partial charge in [0.25, 0.3) is 0 Å². The van der Waals surface area contributed by atoms with Crippen molar-refractivity contribution in [1.29, 1.82) is 0 Å². The molecule has 3 rings (SSSR count). The SMILES string of the molecule is CCCNC(c1cnn(-c2ccccc2)n1)c1cccs1. The van der Waals surface area contributed by atoms with Crippen LogP contribution in [0.3, 0.4) is 0 Å². The van der Waals surface area contributed by atoms with Gasteiger partial charge in [0.15, 0.2) is 0 Å². The summed E-state index contributed by atoms with van der Waals surface area (Å²) in [5.41, 5.74) is 1.93. The number of hydrogen-bond donors (Lipinski definition) is 1. The summed E-state index contributed by atoms with van der Waals surface area (Å²) in [6.45, 7) is 3.13. The Labute approximate surface area is 128 Å². The van der Waals surface area contributed by atoms with Crippen LogP contribution in [0.1, 0.15) is 30.0 Å². The van der Waals surface area contributed by atoms with E-state index in [2.05, 4.69) is 40.0 Å². The predicted molar refractivity (Wildman–Crippen MR) is 85.8 cm³/mol. The molecule has 0 aliphatic rings. The van der Waals surface area contributed by atoms with Gasteiger partial charge in [0.2, 0.25) is 0 Å². The average Bonchev–Trinajstić information content (AvgIpc) is 3.21. The highest BCUT2D eigenvalue weighted by Crippen LogP contribution is 2.24. The molecule has 1 unspecified atom stereocenters. The maximum Gasteiger partial charge on any atom is 0.105 e. The van der Waals surface area contributed by atoms with Gasteiger partial charge in [-0.2, -0.15) is 15.0 Å². The highest BCUT2D eigenvalue weighted by molar-refractivity contribution is 7.10. The van der Waals surface area contributed by atoms with E-state index in [1.807, 2.05) is 36.5 Å². The number of thiophene rings is 1. The zero-order chi connectivity index (χ0) is 14.5. The highest BCUT2D eigenvalue weighted by Gasteiger charge is 2.18. The van der Waals surface area contributed by atoms with Crippen molar-refractivity contribution >= 4 is 11.3 Å². The molecule has 0 spiro atoms. The van der Waals surface area contributed by atoms with Gasteiger partial charge < -0.3 is 5.32 Å². The molecular weight excluding hydrogens is 280 g/mol. The first-order valence-electron chi connectivity index (χ1n) is 7.13. The van der Waals surface area contributed by atoms with Crippen LogP contribution in [-0.4, -0.2) is 21.5 Å². The van der Waals surface area contributed by atoms with Gasteiger partial charge in [-0.25, -0.2) is 0 Å². The summed E-state index contributed by atoms with van der Waals surface area (Å²) < 4.78 is 0. The summed E-state index contributed by atoms with van der Waals surface area (Å²) >= 11 is 1.74. The predicted octanol–water partition coefficient (Wildman–Crippen LogP) is 3.42. The zero-order valence-corrected chi connectivity index (χ0v) is 12.8. The van der Waals surface area contributed by atoms with Crippen LogP contribution < -0.4 is 5.32 Å². The standard InChI is InChI=1S/C16H18N4S/c1-2-10-17-16(15-9-6-11-21-15)14-12-18-20(19-14)13-7-4-3-5-8-13/h3-9,11-12,16-17H,2,10H2,1H3. The van der Waals surface area contributed by atoms with Gasteiger partial charge >= 0.3 is 0 Å². The Morgan fingerprint density at radius 1 is 1.19 bits per heavy atom. The Balaban J connectivity index is 1.88. The fraction of sp³-hybridized carbons (Fsp3) is 0.250. The van der Waals surface area contributed by atoms with Crippen molar-refractivity contribution in [3.8, 4) is 5.69 Å². The van der Waals surface area contributed by atoms with Crippen molar-refractivity contribution in [3.63, 3.8) is 0 Å². The van der Waals surface area contributed by atoms with E-state index in [4.69, 9.17) is 0 Å². The van der Waals surface area contributed by atoms with Crippen molar-refractivity contribution in [2.24, 2.45) is 0 Å². The molecule has 1 N–H and O–H groups in total. The van der Waals surface area contributed by atoms with Gasteiger partial charge in [-0.1, -0.05) is 31.2 Å². The van der Waals surface area contributed by atoms with Crippen molar-refractivity contribution in [2.45, 2.75) is 19.4 Å². The summed E-state index contributed by atoms with van der Waals surface area (Å²) in [5, 5.41) is 14.7. The third-order valence-corrected chi connectivity index (χ3v) is 4.16. The quantitative estimate of drug-likeness (QED) is 0.758. The number of nitrogens with zero attached hydrogens (tertiary/aromatic N) is 3. The van der Waals surface area contributed by atoms with E-state index in [0.29, 0.717) is 0 Å². The van der Waals surface area contributed by atoms with Crippen LogP contribution in [-0.2, 0) is 0 Å². The Kier molecular flexibility index (Phi) is 4.43. The lowest BCUT2D eigenvalue weighted by atomic mass is 10.2. The summed E-state index contributed by atoms with van der Waals surface area (Å²) in [7, 11) is 0. The van der Waals surface area contributed by atoms with Gasteiger partial charge in [-0.3, -0.25) is 0 Å². The fourth-order valence-electron chi connectivity index (χ4n) is 2.19. The minimum atomic E-state index is 0.113. The van der Waals surface area contributed by atoms with Gasteiger partial charge in [0.1, 0.15) is 5.69 Å². The Hall–Kier alpha value is -1.98. The molecule has 0 radical (unpaired) electrons. The van der Waals surface area contributed by atoms with Crippen LogP contribution in [0, 0.1) is 0 Å². The second-order valence-electron chi connectivity index (χ2n) is 4.80. The lowest BCUT2D eigenvalue weighted by Gasteiger charge is -2.14. The Morgan fingerprint density at radius 3 is 2.76 bits per heavy atom. The van der Waals surface area contributed by atoms with E-state index < -0.39 is 0 Å². The number of nitrogens with one attached hydrogen (secondary N) is 1. The first-order chi connectivity index (χ1) is 10.4. The molecule has 1 atom stereocenters. The molecule has 0 bridgehead atoms. The van der Waals surface area contributed by atoms with Crippen molar-refractivity contribution < 1.29 is 0 Å². The molecule has 21 heavy (non-hydrogen) atoms. The number of aromatic nitrogens is 3. The fourth-order valence-corrected chi connectivity index (χ4v) is 3.00. The minimum Gasteiger partial charge on any atom is -0.304 e. The molecule has 0 saturated carbocycles. The molecule has 108 valence electrons. The van der Waals surface area contributed by atoms with E-state index in [9.17, 15) is 0 Å². The number of benzene rings is 1. The molecule has 0 aliphatic heterocycles. The topological polar surface area (TPSA) is 42.7 Å². The lowest BCUT2D eigenvalue weighted by molar-refractivity contribution is 0.586. The van der Waals surface area contributed by atoms with Crippen LogP contribution in [0.5, 0.6) is 0 Å². The smallest absolute Gasteiger partial charge is 0.105 e. The Bertz CT molecular complexity index is 661. The molecule has 0 fully saturated rings. The van der Waals surface area contributed by atoms with Gasteiger partial charge in [-0.05, 0) is 36.5 Å². The van der Waals surface area contributed by atoms with Crippen LogP contribution in [0.2, 0.25) is 0 Å². The second kappa shape index (κ2) is 6.65. The third kappa shape index (κ3) is 3.20. The van der Waals surface area contributed by atoms with E-state index >= 15 is 0 Å². The van der Waals surface area contributed by atoms with Crippen LogP contribution in [0.4, 0.5) is 0 Å². The van der Waals surface area contributed by atoms with Crippen molar-refractivity contribution in [3.05, 3.63) is 64.6 Å². The summed E-state index contributed by atoms with van der Waals surface area (Å²) in [6, 6.07) is 14.3. The maximum absolute atomic E-state index is 4.64. The lowest BCUT2D eigenvalue weighted by Crippen LogP contribution is -2.23. The first-order valence-corrected chi connectivity index (χ1v) is 8.01. The zero-order valence-electron chi connectivity index (χ0n) is 11.9. The van der Waals surface area contributed by atoms with Crippen LogP contribution >= 0.6 is 11.3 Å². The van der Waals surface area contributed by atoms with E-state index in [0.717, 1.165) is 24.3 Å². The van der Waals surface area contributed by atoms with E-state index in [-0.39, 0.29) is 6.04 Å². The van der Waals surface area contributed by atoms with Crippen molar-refractivity contribution in [2.75, 3.05) is 6.54 Å². The number of rotatable bonds is 6. The molecule has 1 aromatic carbocycles. The number of hydrogen-bond acceptors (Lipinski definition) is 4. The maximum atomic E-state index is 4.64. The molecular formula is C16H18N4S. The minimum absolute atomic E-state index is 0.113. The third-order valence-electron chi connectivity index (χ3n) is 3.22. The summed E-state index contributed by atoms with van der Waals surface area (Å²) in [6.07, 6.45) is 2.94. The first kappa shape index (κ1) is 14.0. The number of para-hydroxylation sites is 1. The molecule has 4 nitrogen and oxygen atoms in total. The van der Waals surface area contributed by atoms with Gasteiger partial charge in [-0.15, -0.1) is 11.3 Å². The Morgan fingerprint density at radius 2 is 2.05 bits per heavy atom. The average molecular weight is 298 g/mol. The molecule has 2 heterocycles. The normalized spacial score (nSPS) is 12.4. The van der Waals surface area contributed by atoms with Crippen molar-refractivity contribution in [1.82, 2.24) is 20.3 Å². The van der Waals surface area contributed by atoms with Crippen LogP contribution in [0.15, 0.2) is 54.0 Å². The van der Waals surface area contributed by atoms with Gasteiger partial charge in [0, 0.05) is 4.88 Å². The molecule has 0 amide bonds. The largest absolute Gasteiger partial charge is 0.304 e. The highest BCUT2D eigenvalue weighted by atomic mass is 32.1. The molecule has 0 aliphatic carbocycles. The van der Waals surface area contributed by atoms with E-state index in [1.54, 1.807) is 16.1 Å². The van der Waals surface area contributed by atoms with E-state index in [1.165, 1.54) is 4.88 Å². The molecule has 5 heteroatoms. The molecule has 2 aromatic heterocycles. The molecule has 0 saturated heterocycles.